The Labute approximate surface area is 176 Å². The normalized spacial score (nSPS) is 17.8. The van der Waals surface area contributed by atoms with E-state index in [2.05, 4.69) is 29.7 Å². The number of hydrogen-bond acceptors (Lipinski definition) is 4. The van der Waals surface area contributed by atoms with Crippen LogP contribution in [0.4, 0.5) is 0 Å². The lowest BCUT2D eigenvalue weighted by Gasteiger charge is -2.29. The average molecular weight is 425 g/mol. The van der Waals surface area contributed by atoms with E-state index < -0.39 is 10.0 Å². The highest BCUT2D eigenvalue weighted by Gasteiger charge is 2.24. The van der Waals surface area contributed by atoms with Crippen LogP contribution in [0.1, 0.15) is 44.8 Å². The summed E-state index contributed by atoms with van der Waals surface area (Å²) < 4.78 is 30.7. The Bertz CT molecular complexity index is 717. The quantitative estimate of drug-likeness (QED) is 0.342. The van der Waals surface area contributed by atoms with Gasteiger partial charge in [0, 0.05) is 39.3 Å². The fraction of sp³-hybridized carbons (Fsp3) is 0.667. The Hall–Kier alpha value is -1.64. The van der Waals surface area contributed by atoms with Crippen LogP contribution in [-0.2, 0) is 14.8 Å². The minimum Gasteiger partial charge on any atom is -0.374 e. The number of rotatable bonds is 10. The van der Waals surface area contributed by atoms with E-state index in [1.807, 2.05) is 25.1 Å². The average Bonchev–Trinajstić information content (AvgIpc) is 2.71. The third kappa shape index (κ3) is 8.72. The lowest BCUT2D eigenvalue weighted by Crippen LogP contribution is -2.40. The van der Waals surface area contributed by atoms with E-state index in [-0.39, 0.29) is 6.10 Å². The molecular formula is C21H36N4O3S. The van der Waals surface area contributed by atoms with Gasteiger partial charge in [0.2, 0.25) is 10.0 Å². The molecule has 7 nitrogen and oxygen atoms in total. The Kier molecular flexibility index (Phi) is 9.90. The smallest absolute Gasteiger partial charge is 0.211 e. The van der Waals surface area contributed by atoms with Crippen LogP contribution in [-0.4, -0.2) is 64.3 Å². The van der Waals surface area contributed by atoms with E-state index in [4.69, 9.17) is 9.73 Å². The lowest BCUT2D eigenvalue weighted by molar-refractivity contribution is 0.0646. The van der Waals surface area contributed by atoms with Crippen LogP contribution < -0.4 is 10.6 Å². The van der Waals surface area contributed by atoms with Crippen molar-refractivity contribution >= 4 is 16.0 Å². The van der Waals surface area contributed by atoms with Crippen LogP contribution in [0.15, 0.2) is 35.3 Å². The monoisotopic (exact) mass is 424 g/mol. The second kappa shape index (κ2) is 12.1. The molecule has 1 heterocycles. The predicted octanol–water partition coefficient (Wildman–Crippen LogP) is 2.38. The number of piperidine rings is 1. The van der Waals surface area contributed by atoms with Gasteiger partial charge in [-0.3, -0.25) is 4.99 Å². The summed E-state index contributed by atoms with van der Waals surface area (Å²) in [5.41, 5.74) is 1.19. The summed E-state index contributed by atoms with van der Waals surface area (Å²) in [4.78, 5) is 4.69. The topological polar surface area (TPSA) is 83.0 Å². The van der Waals surface area contributed by atoms with E-state index >= 15 is 0 Å². The van der Waals surface area contributed by atoms with Gasteiger partial charge in [-0.1, -0.05) is 30.3 Å². The molecule has 0 amide bonds. The second-order valence-electron chi connectivity index (χ2n) is 7.53. The largest absolute Gasteiger partial charge is 0.374 e. The van der Waals surface area contributed by atoms with E-state index in [1.54, 1.807) is 4.31 Å². The fourth-order valence-corrected chi connectivity index (χ4v) is 4.22. The molecule has 2 rings (SSSR count). The minimum atomic E-state index is -3.07. The van der Waals surface area contributed by atoms with Crippen molar-refractivity contribution in [3.63, 3.8) is 0 Å². The first kappa shape index (κ1) is 23.6. The van der Waals surface area contributed by atoms with Crippen LogP contribution >= 0.6 is 0 Å². The molecule has 29 heavy (non-hydrogen) atoms. The maximum atomic E-state index is 11.6. The molecule has 0 saturated carbocycles. The Morgan fingerprint density at radius 3 is 2.55 bits per heavy atom. The Morgan fingerprint density at radius 2 is 1.93 bits per heavy atom. The van der Waals surface area contributed by atoms with Gasteiger partial charge in [-0.25, -0.2) is 12.7 Å². The number of benzene rings is 1. The van der Waals surface area contributed by atoms with E-state index in [0.717, 1.165) is 38.3 Å². The molecule has 2 N–H and O–H groups in total. The van der Waals surface area contributed by atoms with E-state index in [1.165, 1.54) is 11.8 Å². The molecule has 0 bridgehead atoms. The Balaban J connectivity index is 1.67. The minimum absolute atomic E-state index is 0.0934. The number of aliphatic imine (C=N–C) groups is 1. The molecule has 1 aliphatic heterocycles. The Morgan fingerprint density at radius 1 is 1.24 bits per heavy atom. The van der Waals surface area contributed by atoms with Crippen LogP contribution in [0, 0.1) is 5.92 Å². The maximum Gasteiger partial charge on any atom is 0.211 e. The first-order chi connectivity index (χ1) is 13.9. The summed E-state index contributed by atoms with van der Waals surface area (Å²) in [6, 6.07) is 10.2. The molecule has 0 spiro atoms. The van der Waals surface area contributed by atoms with Crippen molar-refractivity contribution in [3.8, 4) is 0 Å². The molecule has 0 aromatic heterocycles. The number of guanidine groups is 1. The first-order valence-electron chi connectivity index (χ1n) is 10.5. The van der Waals surface area contributed by atoms with Crippen molar-refractivity contribution in [1.29, 1.82) is 0 Å². The van der Waals surface area contributed by atoms with Gasteiger partial charge in [-0.15, -0.1) is 0 Å². The van der Waals surface area contributed by atoms with Crippen LogP contribution in [0.25, 0.3) is 0 Å². The first-order valence-corrected chi connectivity index (χ1v) is 12.4. The highest BCUT2D eigenvalue weighted by molar-refractivity contribution is 7.88. The van der Waals surface area contributed by atoms with Gasteiger partial charge < -0.3 is 15.4 Å². The highest BCUT2D eigenvalue weighted by atomic mass is 32.2. The summed E-state index contributed by atoms with van der Waals surface area (Å²) in [7, 11) is -3.07. The van der Waals surface area contributed by atoms with Crippen LogP contribution in [0.3, 0.4) is 0 Å². The number of nitrogens with one attached hydrogen (secondary N) is 2. The van der Waals surface area contributed by atoms with Gasteiger partial charge in [0.25, 0.3) is 0 Å². The van der Waals surface area contributed by atoms with Gasteiger partial charge in [-0.05, 0) is 44.6 Å². The molecule has 1 fully saturated rings. The molecule has 1 aromatic rings. The molecule has 1 aliphatic rings. The third-order valence-corrected chi connectivity index (χ3v) is 6.45. The zero-order valence-electron chi connectivity index (χ0n) is 17.9. The number of sulfonamides is 1. The second-order valence-corrected chi connectivity index (χ2v) is 9.51. The van der Waals surface area contributed by atoms with Crippen molar-refractivity contribution in [1.82, 2.24) is 14.9 Å². The molecule has 1 atom stereocenters. The predicted molar refractivity (Wildman–Crippen MR) is 119 cm³/mol. The molecular weight excluding hydrogens is 388 g/mol. The van der Waals surface area contributed by atoms with Crippen LogP contribution in [0.2, 0.25) is 0 Å². The molecule has 1 saturated heterocycles. The maximum absolute atomic E-state index is 11.6. The third-order valence-electron chi connectivity index (χ3n) is 5.14. The molecule has 0 radical (unpaired) electrons. The van der Waals surface area contributed by atoms with E-state index in [0.29, 0.717) is 32.2 Å². The van der Waals surface area contributed by atoms with Gasteiger partial charge in [0.1, 0.15) is 0 Å². The van der Waals surface area contributed by atoms with Crippen molar-refractivity contribution in [2.24, 2.45) is 10.9 Å². The van der Waals surface area contributed by atoms with E-state index in [9.17, 15) is 8.42 Å². The standard InChI is InChI=1S/C21H36N4O3S/c1-4-22-21(24-17-19-11-14-25(15-12-19)29(3,26)27)23-13-8-16-28-18(2)20-9-6-5-7-10-20/h5-7,9-10,18-19H,4,8,11-17H2,1-3H3,(H2,22,23,24). The molecule has 8 heteroatoms. The summed E-state index contributed by atoms with van der Waals surface area (Å²) in [6.07, 6.45) is 4.00. The summed E-state index contributed by atoms with van der Waals surface area (Å²) >= 11 is 0. The van der Waals surface area contributed by atoms with Gasteiger partial charge in [0.05, 0.1) is 12.4 Å². The number of ether oxygens (including phenoxy) is 1. The zero-order chi connectivity index (χ0) is 21.1. The summed E-state index contributed by atoms with van der Waals surface area (Å²) in [5.74, 6) is 1.24. The van der Waals surface area contributed by atoms with Crippen molar-refractivity contribution in [2.75, 3.05) is 45.6 Å². The van der Waals surface area contributed by atoms with Crippen molar-refractivity contribution < 1.29 is 13.2 Å². The molecule has 1 unspecified atom stereocenters. The molecule has 1 aromatic carbocycles. The van der Waals surface area contributed by atoms with Gasteiger partial charge in [0.15, 0.2) is 5.96 Å². The van der Waals surface area contributed by atoms with Crippen molar-refractivity contribution in [3.05, 3.63) is 35.9 Å². The zero-order valence-corrected chi connectivity index (χ0v) is 18.7. The summed E-state index contributed by atoms with van der Waals surface area (Å²) in [5, 5.41) is 6.63. The lowest BCUT2D eigenvalue weighted by atomic mass is 9.98. The molecule has 0 aliphatic carbocycles. The highest BCUT2D eigenvalue weighted by Crippen LogP contribution is 2.19. The van der Waals surface area contributed by atoms with Crippen LogP contribution in [0.5, 0.6) is 0 Å². The number of hydrogen-bond donors (Lipinski definition) is 2. The summed E-state index contributed by atoms with van der Waals surface area (Å²) in [6.45, 7) is 8.32. The SMILES string of the molecule is CCNC(=NCC1CCN(S(C)(=O)=O)CC1)NCCCOC(C)c1ccccc1. The van der Waals surface area contributed by atoms with Gasteiger partial charge in [-0.2, -0.15) is 0 Å². The van der Waals surface area contributed by atoms with Gasteiger partial charge >= 0.3 is 0 Å². The fourth-order valence-electron chi connectivity index (χ4n) is 3.34. The molecule has 164 valence electrons. The number of nitrogens with zero attached hydrogens (tertiary/aromatic N) is 2. The van der Waals surface area contributed by atoms with Crippen molar-refractivity contribution in [2.45, 2.75) is 39.2 Å².